The molecule has 0 radical (unpaired) electrons. The highest BCUT2D eigenvalue weighted by atomic mass is 16.6. The molecule has 0 unspecified atom stereocenters. The van der Waals surface area contributed by atoms with Gasteiger partial charge >= 0.3 is 12.2 Å². The number of amides is 2. The summed E-state index contributed by atoms with van der Waals surface area (Å²) in [6, 6.07) is 0. The second-order valence-electron chi connectivity index (χ2n) is 7.28. The molecule has 0 aromatic heterocycles. The minimum absolute atomic E-state index is 0.423. The standard InChI is InChI=1S/C16H31N3O4/c1-15(2,3)22-13(20)18-11-10-17-9-8-12-19(7)14(21)23-16(4,5)6/h17H,7-12H2,1-6H3/p+1. The molecule has 23 heavy (non-hydrogen) atoms. The first-order valence-electron chi connectivity index (χ1n) is 7.89. The number of alkyl carbamates (subject to hydrolysis) is 1. The Bertz CT molecular complexity index is 409. The molecule has 0 aromatic rings. The van der Waals surface area contributed by atoms with Gasteiger partial charge in [-0.25, -0.2) is 4.79 Å². The van der Waals surface area contributed by atoms with E-state index < -0.39 is 23.4 Å². The van der Waals surface area contributed by atoms with Crippen LogP contribution in [-0.2, 0) is 9.47 Å². The fourth-order valence-corrected chi connectivity index (χ4v) is 1.50. The van der Waals surface area contributed by atoms with E-state index in [1.165, 1.54) is 4.58 Å². The zero-order valence-electron chi connectivity index (χ0n) is 15.3. The molecular formula is C16H32N3O4+. The molecule has 0 rings (SSSR count). The SMILES string of the molecule is C=[N+](CCCNCCNC(=O)OC(C)(C)C)C(=O)OC(C)(C)C. The van der Waals surface area contributed by atoms with Gasteiger partial charge in [0.05, 0.1) is 0 Å². The first kappa shape index (κ1) is 21.4. The second-order valence-corrected chi connectivity index (χ2v) is 7.28. The lowest BCUT2D eigenvalue weighted by Crippen LogP contribution is -2.37. The normalized spacial score (nSPS) is 11.7. The van der Waals surface area contributed by atoms with E-state index in [0.717, 1.165) is 6.42 Å². The number of nitrogens with one attached hydrogen (secondary N) is 2. The molecule has 0 aliphatic rings. The second kappa shape index (κ2) is 9.50. The van der Waals surface area contributed by atoms with Crippen molar-refractivity contribution in [3.05, 3.63) is 0 Å². The highest BCUT2D eigenvalue weighted by molar-refractivity contribution is 5.67. The molecule has 0 bridgehead atoms. The Morgan fingerprint density at radius 1 is 0.957 bits per heavy atom. The van der Waals surface area contributed by atoms with Crippen molar-refractivity contribution in [3.8, 4) is 0 Å². The van der Waals surface area contributed by atoms with Gasteiger partial charge in [0.1, 0.15) is 17.9 Å². The molecule has 2 amide bonds. The lowest BCUT2D eigenvalue weighted by molar-refractivity contribution is -0.442. The minimum Gasteiger partial charge on any atom is -0.444 e. The largest absolute Gasteiger partial charge is 0.596 e. The Kier molecular flexibility index (Phi) is 8.82. The lowest BCUT2D eigenvalue weighted by Gasteiger charge is -2.19. The molecule has 0 fully saturated rings. The van der Waals surface area contributed by atoms with Gasteiger partial charge in [0.2, 0.25) is 0 Å². The Hall–Kier alpha value is -1.63. The van der Waals surface area contributed by atoms with Crippen LogP contribution < -0.4 is 10.6 Å². The average Bonchev–Trinajstić information content (AvgIpc) is 2.33. The van der Waals surface area contributed by atoms with E-state index in [1.54, 1.807) is 0 Å². The topological polar surface area (TPSA) is 79.7 Å². The third kappa shape index (κ3) is 13.7. The summed E-state index contributed by atoms with van der Waals surface area (Å²) in [5.41, 5.74) is -1.00. The smallest absolute Gasteiger partial charge is 0.444 e. The lowest BCUT2D eigenvalue weighted by atomic mass is 10.2. The molecule has 2 N–H and O–H groups in total. The number of ether oxygens (including phenoxy) is 2. The van der Waals surface area contributed by atoms with E-state index in [2.05, 4.69) is 17.4 Å². The van der Waals surface area contributed by atoms with Gasteiger partial charge in [-0.15, -0.1) is 4.58 Å². The summed E-state index contributed by atoms with van der Waals surface area (Å²) in [5, 5.41) is 5.83. The molecule has 0 saturated carbocycles. The first-order chi connectivity index (χ1) is 10.4. The van der Waals surface area contributed by atoms with Crippen molar-refractivity contribution < 1.29 is 23.6 Å². The van der Waals surface area contributed by atoms with Crippen LogP contribution >= 0.6 is 0 Å². The summed E-state index contributed by atoms with van der Waals surface area (Å²) in [6.07, 6.45) is -0.105. The Balaban J connectivity index is 3.65. The van der Waals surface area contributed by atoms with Gasteiger partial charge in [0, 0.05) is 26.1 Å². The van der Waals surface area contributed by atoms with E-state index in [4.69, 9.17) is 9.47 Å². The molecule has 0 heterocycles. The van der Waals surface area contributed by atoms with Gasteiger partial charge in [-0.05, 0) is 41.5 Å². The maximum absolute atomic E-state index is 11.7. The molecular weight excluding hydrogens is 298 g/mol. The molecule has 0 aromatic carbocycles. The van der Waals surface area contributed by atoms with Crippen LogP contribution in [0.2, 0.25) is 0 Å². The van der Waals surface area contributed by atoms with Crippen LogP contribution in [0.25, 0.3) is 0 Å². The molecule has 134 valence electrons. The molecule has 0 aliphatic heterocycles. The maximum Gasteiger partial charge on any atom is 0.596 e. The molecule has 0 aliphatic carbocycles. The van der Waals surface area contributed by atoms with Crippen LogP contribution in [0.4, 0.5) is 9.59 Å². The molecule has 7 heteroatoms. The quantitative estimate of drug-likeness (QED) is 0.425. The van der Waals surface area contributed by atoms with Crippen molar-refractivity contribution in [1.29, 1.82) is 0 Å². The Morgan fingerprint density at radius 2 is 1.52 bits per heavy atom. The average molecular weight is 330 g/mol. The fraction of sp³-hybridized carbons (Fsp3) is 0.812. The van der Waals surface area contributed by atoms with Gasteiger partial charge in [0.25, 0.3) is 0 Å². The monoisotopic (exact) mass is 330 g/mol. The van der Waals surface area contributed by atoms with Crippen molar-refractivity contribution in [2.24, 2.45) is 0 Å². The summed E-state index contributed by atoms with van der Waals surface area (Å²) in [7, 11) is 0. The van der Waals surface area contributed by atoms with Gasteiger partial charge in [-0.3, -0.25) is 0 Å². The van der Waals surface area contributed by atoms with Crippen LogP contribution in [-0.4, -0.2) is 60.9 Å². The molecule has 0 saturated heterocycles. The summed E-state index contributed by atoms with van der Waals surface area (Å²) < 4.78 is 11.6. The van der Waals surface area contributed by atoms with E-state index in [9.17, 15) is 9.59 Å². The van der Waals surface area contributed by atoms with E-state index in [0.29, 0.717) is 26.2 Å². The van der Waals surface area contributed by atoms with Crippen LogP contribution in [0.1, 0.15) is 48.0 Å². The van der Waals surface area contributed by atoms with Crippen LogP contribution in [0.5, 0.6) is 0 Å². The van der Waals surface area contributed by atoms with Gasteiger partial charge < -0.3 is 20.1 Å². The number of carbonyl (C=O) groups excluding carboxylic acids is 2. The van der Waals surface area contributed by atoms with Crippen molar-refractivity contribution in [3.63, 3.8) is 0 Å². The highest BCUT2D eigenvalue weighted by Gasteiger charge is 2.24. The maximum atomic E-state index is 11.7. The van der Waals surface area contributed by atoms with Gasteiger partial charge in [-0.2, -0.15) is 4.79 Å². The van der Waals surface area contributed by atoms with Crippen LogP contribution in [0.15, 0.2) is 0 Å². The molecule has 7 nitrogen and oxygen atoms in total. The predicted octanol–water partition coefficient (Wildman–Crippen LogP) is 2.14. The molecule has 0 spiro atoms. The number of carbonyl (C=O) groups is 2. The minimum atomic E-state index is -0.515. The number of rotatable bonds is 7. The van der Waals surface area contributed by atoms with E-state index in [-0.39, 0.29) is 0 Å². The Labute approximate surface area is 139 Å². The third-order valence-corrected chi connectivity index (χ3v) is 2.40. The third-order valence-electron chi connectivity index (χ3n) is 2.40. The van der Waals surface area contributed by atoms with Crippen LogP contribution in [0.3, 0.4) is 0 Å². The van der Waals surface area contributed by atoms with E-state index >= 15 is 0 Å². The molecule has 0 atom stereocenters. The van der Waals surface area contributed by atoms with E-state index in [1.807, 2.05) is 41.5 Å². The fourth-order valence-electron chi connectivity index (χ4n) is 1.50. The number of nitrogens with zero attached hydrogens (tertiary/aromatic N) is 1. The van der Waals surface area contributed by atoms with Gasteiger partial charge in [-0.1, -0.05) is 0 Å². The summed E-state index contributed by atoms with van der Waals surface area (Å²) >= 11 is 0. The number of hydrogen-bond donors (Lipinski definition) is 2. The summed E-state index contributed by atoms with van der Waals surface area (Å²) in [5.74, 6) is 0. The van der Waals surface area contributed by atoms with Crippen molar-refractivity contribution in [2.75, 3.05) is 26.2 Å². The van der Waals surface area contributed by atoms with Crippen molar-refractivity contribution >= 4 is 18.9 Å². The van der Waals surface area contributed by atoms with Crippen LogP contribution in [0, 0.1) is 0 Å². The predicted molar refractivity (Wildman–Crippen MR) is 90.2 cm³/mol. The van der Waals surface area contributed by atoms with Gasteiger partial charge in [0.15, 0.2) is 6.54 Å². The zero-order valence-corrected chi connectivity index (χ0v) is 15.3. The summed E-state index contributed by atoms with van der Waals surface area (Å²) in [4.78, 5) is 23.1. The first-order valence-corrected chi connectivity index (χ1v) is 7.89. The highest BCUT2D eigenvalue weighted by Crippen LogP contribution is 2.08. The Morgan fingerprint density at radius 3 is 2.04 bits per heavy atom. The van der Waals surface area contributed by atoms with Crippen molar-refractivity contribution in [2.45, 2.75) is 59.2 Å². The number of hydrogen-bond acceptors (Lipinski definition) is 5. The summed E-state index contributed by atoms with van der Waals surface area (Å²) in [6.45, 7) is 16.9. The van der Waals surface area contributed by atoms with Crippen molar-refractivity contribution in [1.82, 2.24) is 10.6 Å². The zero-order chi connectivity index (χ0) is 18.1.